The highest BCUT2D eigenvalue weighted by molar-refractivity contribution is 5.28. The van der Waals surface area contributed by atoms with Crippen LogP contribution in [0.1, 0.15) is 51.0 Å². The zero-order valence-electron chi connectivity index (χ0n) is 13.1. The Bertz CT molecular complexity index is 393. The molecule has 0 nitrogen and oxygen atoms in total. The highest BCUT2D eigenvalue weighted by Gasteiger charge is 2.64. The molecule has 0 spiro atoms. The van der Waals surface area contributed by atoms with Crippen molar-refractivity contribution in [3.63, 3.8) is 0 Å². The van der Waals surface area contributed by atoms with Crippen LogP contribution in [0.5, 0.6) is 0 Å². The van der Waals surface area contributed by atoms with E-state index in [-0.39, 0.29) is 0 Å². The van der Waals surface area contributed by atoms with E-state index in [0.29, 0.717) is 23.2 Å². The minimum atomic E-state index is -1.87. The Morgan fingerprint density at radius 3 is 3.00 bits per heavy atom. The highest BCUT2D eigenvalue weighted by Crippen LogP contribution is 2.71. The molecular formula is C15H24. The largest absolute Gasteiger partial charge is 0.0850 e. The minimum Gasteiger partial charge on any atom is -0.0850 e. The second-order valence-electron chi connectivity index (χ2n) is 6.51. The molecule has 2 fully saturated rings. The zero-order chi connectivity index (χ0) is 13.3. The van der Waals surface area contributed by atoms with Crippen LogP contribution < -0.4 is 0 Å². The molecule has 4 aliphatic carbocycles. The number of hydrogen-bond acceptors (Lipinski definition) is 0. The van der Waals surface area contributed by atoms with E-state index in [1.165, 1.54) is 12.8 Å². The first-order valence-electron chi connectivity index (χ1n) is 7.97. The molecule has 0 amide bonds. The average Bonchev–Trinajstić information content (AvgIpc) is 2.28. The summed E-state index contributed by atoms with van der Waals surface area (Å²) in [5.74, 6) is 3.21. The van der Waals surface area contributed by atoms with Gasteiger partial charge in [0.15, 0.2) is 0 Å². The zero-order valence-corrected chi connectivity index (χ0v) is 10.1. The fourth-order valence-corrected chi connectivity index (χ4v) is 4.93. The number of hydrogen-bond donors (Lipinski definition) is 0. The molecule has 84 valence electrons. The molecule has 4 aliphatic rings. The molecule has 0 N–H and O–H groups in total. The van der Waals surface area contributed by atoms with Gasteiger partial charge in [-0.3, -0.25) is 0 Å². The van der Waals surface area contributed by atoms with Crippen LogP contribution in [0.25, 0.3) is 0 Å². The van der Waals surface area contributed by atoms with Gasteiger partial charge in [-0.1, -0.05) is 32.4 Å². The van der Waals surface area contributed by atoms with E-state index < -0.39 is 6.85 Å². The lowest BCUT2D eigenvalue weighted by Crippen LogP contribution is -2.63. The molecule has 2 saturated carbocycles. The molecule has 0 aliphatic heterocycles. The second kappa shape index (κ2) is 2.90. The minimum absolute atomic E-state index is 0.300. The van der Waals surface area contributed by atoms with Crippen molar-refractivity contribution in [2.75, 3.05) is 0 Å². The normalized spacial score (nSPS) is 56.3. The van der Waals surface area contributed by atoms with E-state index in [2.05, 4.69) is 20.8 Å². The Labute approximate surface area is 98.4 Å². The SMILES string of the molecule is [2H]C([2H])([2H])C1=CC[C@H]2C3[C@H](C(C)C)CCC2(C)[C@H]13. The summed E-state index contributed by atoms with van der Waals surface area (Å²) in [7, 11) is 0. The van der Waals surface area contributed by atoms with Crippen LogP contribution in [0, 0.1) is 35.0 Å². The molecule has 4 rings (SSSR count). The summed E-state index contributed by atoms with van der Waals surface area (Å²) in [6.45, 7) is 5.09. The van der Waals surface area contributed by atoms with Gasteiger partial charge in [-0.15, -0.1) is 0 Å². The molecule has 0 heteroatoms. The fraction of sp³-hybridized carbons (Fsp3) is 0.867. The number of fused-ring (bicyclic) bond motifs is 1. The highest BCUT2D eigenvalue weighted by atomic mass is 14.7. The summed E-state index contributed by atoms with van der Waals surface area (Å²) < 4.78 is 23.4. The summed E-state index contributed by atoms with van der Waals surface area (Å²) in [6, 6.07) is 0. The Balaban J connectivity index is 1.97. The lowest BCUT2D eigenvalue weighted by Gasteiger charge is -2.70. The summed E-state index contributed by atoms with van der Waals surface area (Å²) in [4.78, 5) is 0. The van der Waals surface area contributed by atoms with Gasteiger partial charge in [0.1, 0.15) is 0 Å². The van der Waals surface area contributed by atoms with Gasteiger partial charge in [-0.2, -0.15) is 0 Å². The van der Waals surface area contributed by atoms with Gasteiger partial charge in [0, 0.05) is 4.11 Å². The van der Waals surface area contributed by atoms with Gasteiger partial charge >= 0.3 is 0 Å². The first kappa shape index (κ1) is 7.14. The quantitative estimate of drug-likeness (QED) is 0.563. The smallest absolute Gasteiger partial charge is 0.0276 e. The Kier molecular flexibility index (Phi) is 1.38. The van der Waals surface area contributed by atoms with Crippen LogP contribution >= 0.6 is 0 Å². The molecule has 0 aromatic heterocycles. The topological polar surface area (TPSA) is 0 Å². The van der Waals surface area contributed by atoms with Gasteiger partial charge < -0.3 is 0 Å². The maximum atomic E-state index is 7.79. The third-order valence-electron chi connectivity index (χ3n) is 5.70. The molecule has 2 unspecified atom stereocenters. The van der Waals surface area contributed by atoms with Crippen LogP contribution in [0.3, 0.4) is 0 Å². The standard InChI is InChI=1S/C15H24/c1-9(2)11-7-8-15(4)12-6-5-10(3)14(15)13(11)12/h5,9,11-14H,6-8H2,1-4H3/t11-,12-,13?,14+,15?/m0/s1/i3D3. The summed E-state index contributed by atoms with van der Waals surface area (Å²) >= 11 is 0. The Hall–Kier alpha value is -0.260. The maximum absolute atomic E-state index is 7.79. The Morgan fingerprint density at radius 1 is 1.53 bits per heavy atom. The lowest BCUT2D eigenvalue weighted by atomic mass is 9.34. The van der Waals surface area contributed by atoms with E-state index in [0.717, 1.165) is 23.8 Å². The number of rotatable bonds is 1. The van der Waals surface area contributed by atoms with Gasteiger partial charge in [0.25, 0.3) is 0 Å². The van der Waals surface area contributed by atoms with Gasteiger partial charge in [-0.05, 0) is 61.1 Å². The summed E-state index contributed by atoms with van der Waals surface area (Å²) in [5.41, 5.74) is 1.09. The van der Waals surface area contributed by atoms with E-state index >= 15 is 0 Å². The molecule has 4 bridgehead atoms. The number of allylic oxidation sites excluding steroid dienone is 2. The average molecular weight is 207 g/mol. The van der Waals surface area contributed by atoms with Crippen LogP contribution in [0.4, 0.5) is 0 Å². The molecule has 15 heavy (non-hydrogen) atoms. The van der Waals surface area contributed by atoms with Gasteiger partial charge in [0.2, 0.25) is 0 Å². The van der Waals surface area contributed by atoms with E-state index in [1.54, 1.807) is 0 Å². The maximum Gasteiger partial charge on any atom is 0.0276 e. The molecule has 0 saturated heterocycles. The summed E-state index contributed by atoms with van der Waals surface area (Å²) in [6.07, 6.45) is 5.59. The van der Waals surface area contributed by atoms with Crippen molar-refractivity contribution in [1.82, 2.24) is 0 Å². The molecule has 0 heterocycles. The van der Waals surface area contributed by atoms with Crippen molar-refractivity contribution in [2.24, 2.45) is 35.0 Å². The molecule has 5 atom stereocenters. The third-order valence-corrected chi connectivity index (χ3v) is 5.70. The molecule has 0 aromatic carbocycles. The first-order chi connectivity index (χ1) is 8.27. The third kappa shape index (κ3) is 1.04. The van der Waals surface area contributed by atoms with E-state index in [1.807, 2.05) is 6.08 Å². The first-order valence-corrected chi connectivity index (χ1v) is 6.47. The van der Waals surface area contributed by atoms with Crippen molar-refractivity contribution >= 4 is 0 Å². The van der Waals surface area contributed by atoms with Crippen LogP contribution in [0.2, 0.25) is 0 Å². The molecular weight excluding hydrogens is 180 g/mol. The lowest BCUT2D eigenvalue weighted by molar-refractivity contribution is -0.181. The molecule has 0 radical (unpaired) electrons. The van der Waals surface area contributed by atoms with Gasteiger partial charge in [-0.25, -0.2) is 0 Å². The van der Waals surface area contributed by atoms with Crippen molar-refractivity contribution in [2.45, 2.75) is 46.9 Å². The van der Waals surface area contributed by atoms with Gasteiger partial charge in [0.05, 0.1) is 0 Å². The van der Waals surface area contributed by atoms with Crippen LogP contribution in [0.15, 0.2) is 11.6 Å². The predicted octanol–water partition coefficient (Wildman–Crippen LogP) is 4.27. The van der Waals surface area contributed by atoms with Crippen LogP contribution in [-0.2, 0) is 0 Å². The molecule has 0 aromatic rings. The predicted molar refractivity (Wildman–Crippen MR) is 64.5 cm³/mol. The summed E-state index contributed by atoms with van der Waals surface area (Å²) in [5, 5.41) is 0. The Morgan fingerprint density at radius 2 is 2.33 bits per heavy atom. The fourth-order valence-electron chi connectivity index (χ4n) is 4.93. The monoisotopic (exact) mass is 207 g/mol. The van der Waals surface area contributed by atoms with Crippen molar-refractivity contribution in [3.05, 3.63) is 11.6 Å². The van der Waals surface area contributed by atoms with Crippen molar-refractivity contribution in [1.29, 1.82) is 0 Å². The van der Waals surface area contributed by atoms with Crippen molar-refractivity contribution in [3.8, 4) is 0 Å². The van der Waals surface area contributed by atoms with Crippen LogP contribution in [-0.4, -0.2) is 0 Å². The van der Waals surface area contributed by atoms with E-state index in [4.69, 9.17) is 4.11 Å². The van der Waals surface area contributed by atoms with E-state index in [9.17, 15) is 0 Å². The second-order valence-corrected chi connectivity index (χ2v) is 6.51. The van der Waals surface area contributed by atoms with Crippen molar-refractivity contribution < 1.29 is 4.11 Å².